The maximum atomic E-state index is 12.2. The molecule has 0 amide bonds. The lowest BCUT2D eigenvalue weighted by molar-refractivity contribution is -0.146. The first-order chi connectivity index (χ1) is 9.86. The second kappa shape index (κ2) is 6.52. The van der Waals surface area contributed by atoms with Crippen LogP contribution in [0.5, 0.6) is 0 Å². The smallest absolute Gasteiger partial charge is 0.329 e. The van der Waals surface area contributed by atoms with Crippen LogP contribution in [0, 0.1) is 9.49 Å². The van der Waals surface area contributed by atoms with Gasteiger partial charge in [0, 0.05) is 3.57 Å². The minimum atomic E-state index is -0.434. The van der Waals surface area contributed by atoms with E-state index in [9.17, 15) is 4.79 Å². The van der Waals surface area contributed by atoms with Crippen LogP contribution in [-0.4, -0.2) is 22.6 Å². The molecule has 0 aliphatic heterocycles. The number of rotatable bonds is 4. The predicted molar refractivity (Wildman–Crippen MR) is 92.6 cm³/mol. The van der Waals surface area contributed by atoms with E-state index in [0.29, 0.717) is 5.82 Å². The topological polar surface area (TPSA) is 44.1 Å². The summed E-state index contributed by atoms with van der Waals surface area (Å²) in [6.07, 6.45) is 0. The molecule has 0 N–H and O–H groups in total. The summed E-state index contributed by atoms with van der Waals surface area (Å²) < 4.78 is 7.98. The number of esters is 1. The van der Waals surface area contributed by atoms with Crippen molar-refractivity contribution in [1.29, 1.82) is 0 Å². The Hall–Kier alpha value is -0.820. The minimum Gasteiger partial charge on any atom is -0.467 e. The summed E-state index contributed by atoms with van der Waals surface area (Å²) >= 11 is 8.52. The monoisotopic (exact) mass is 420 g/mol. The number of methoxy groups -OCH3 is 1. The highest BCUT2D eigenvalue weighted by molar-refractivity contribution is 14.1. The van der Waals surface area contributed by atoms with Crippen molar-refractivity contribution < 1.29 is 9.53 Å². The number of ether oxygens (including phenoxy) is 1. The van der Waals surface area contributed by atoms with Crippen LogP contribution in [0.3, 0.4) is 0 Å². The number of halogens is 2. The van der Waals surface area contributed by atoms with E-state index in [4.69, 9.17) is 16.3 Å². The lowest BCUT2D eigenvalue weighted by Gasteiger charge is -2.23. The van der Waals surface area contributed by atoms with Gasteiger partial charge in [-0.3, -0.25) is 0 Å². The number of alkyl halides is 1. The molecule has 2 atom stereocenters. The summed E-state index contributed by atoms with van der Waals surface area (Å²) in [6.45, 7) is 5.84. The SMILES string of the molecule is COC(=O)C(C(C)C)n1c(C(C)Cl)nc2cc(I)ccc21. The van der Waals surface area contributed by atoms with E-state index in [2.05, 4.69) is 27.6 Å². The van der Waals surface area contributed by atoms with Crippen molar-refractivity contribution in [3.8, 4) is 0 Å². The number of benzene rings is 1. The Morgan fingerprint density at radius 3 is 2.57 bits per heavy atom. The van der Waals surface area contributed by atoms with Crippen LogP contribution in [0.15, 0.2) is 18.2 Å². The molecule has 0 saturated heterocycles. The van der Waals surface area contributed by atoms with Crippen LogP contribution in [0.25, 0.3) is 11.0 Å². The molecule has 6 heteroatoms. The minimum absolute atomic E-state index is 0.0725. The van der Waals surface area contributed by atoms with Gasteiger partial charge in [0.15, 0.2) is 0 Å². The zero-order valence-corrected chi connectivity index (χ0v) is 15.3. The number of aromatic nitrogens is 2. The van der Waals surface area contributed by atoms with Gasteiger partial charge in [-0.1, -0.05) is 13.8 Å². The van der Waals surface area contributed by atoms with Crippen molar-refractivity contribution in [1.82, 2.24) is 9.55 Å². The predicted octanol–water partition coefficient (Wildman–Crippen LogP) is 4.31. The standard InChI is InChI=1S/C15H18ClIN2O2/c1-8(2)13(15(20)21-4)19-12-6-5-10(17)7-11(12)18-14(19)9(3)16/h5-9,13H,1-4H3. The van der Waals surface area contributed by atoms with Gasteiger partial charge in [0.05, 0.1) is 23.5 Å². The number of carbonyl (C=O) groups is 1. The number of hydrogen-bond acceptors (Lipinski definition) is 3. The second-order valence-corrected chi connectivity index (χ2v) is 7.20. The van der Waals surface area contributed by atoms with E-state index in [1.54, 1.807) is 0 Å². The van der Waals surface area contributed by atoms with Gasteiger partial charge in [0.1, 0.15) is 11.9 Å². The molecule has 0 bridgehead atoms. The number of imidazole rings is 1. The zero-order chi connectivity index (χ0) is 15.7. The Bertz CT molecular complexity index is 667. The Morgan fingerprint density at radius 1 is 1.38 bits per heavy atom. The van der Waals surface area contributed by atoms with E-state index >= 15 is 0 Å². The highest BCUT2D eigenvalue weighted by Crippen LogP contribution is 2.32. The summed E-state index contributed by atoms with van der Waals surface area (Å²) in [4.78, 5) is 16.8. The molecule has 2 rings (SSSR count). The lowest BCUT2D eigenvalue weighted by Crippen LogP contribution is -2.27. The van der Waals surface area contributed by atoms with Crippen molar-refractivity contribution in [3.63, 3.8) is 0 Å². The molecule has 0 aliphatic rings. The summed E-state index contributed by atoms with van der Waals surface area (Å²) in [7, 11) is 1.41. The average molecular weight is 421 g/mol. The normalized spacial score (nSPS) is 14.4. The highest BCUT2D eigenvalue weighted by atomic mass is 127. The van der Waals surface area contributed by atoms with Gasteiger partial charge in [0.25, 0.3) is 0 Å². The fourth-order valence-corrected chi connectivity index (χ4v) is 3.09. The quantitative estimate of drug-likeness (QED) is 0.420. The van der Waals surface area contributed by atoms with E-state index < -0.39 is 6.04 Å². The zero-order valence-electron chi connectivity index (χ0n) is 12.4. The van der Waals surface area contributed by atoms with Crippen molar-refractivity contribution in [2.24, 2.45) is 5.92 Å². The molecular formula is C15H18ClIN2O2. The van der Waals surface area contributed by atoms with E-state index in [1.165, 1.54) is 7.11 Å². The van der Waals surface area contributed by atoms with Gasteiger partial charge in [-0.25, -0.2) is 9.78 Å². The average Bonchev–Trinajstić information content (AvgIpc) is 2.77. The van der Waals surface area contributed by atoms with Crippen molar-refractivity contribution >= 4 is 51.2 Å². The maximum Gasteiger partial charge on any atom is 0.329 e. The fraction of sp³-hybridized carbons (Fsp3) is 0.467. The fourth-order valence-electron chi connectivity index (χ4n) is 2.46. The van der Waals surface area contributed by atoms with Crippen LogP contribution >= 0.6 is 34.2 Å². The maximum absolute atomic E-state index is 12.2. The summed E-state index contributed by atoms with van der Waals surface area (Å²) in [5.74, 6) is 0.488. The Balaban J connectivity index is 2.74. The summed E-state index contributed by atoms with van der Waals surface area (Å²) in [6, 6.07) is 5.53. The molecule has 4 nitrogen and oxygen atoms in total. The van der Waals surface area contributed by atoms with E-state index in [0.717, 1.165) is 14.6 Å². The van der Waals surface area contributed by atoms with Crippen LogP contribution in [-0.2, 0) is 9.53 Å². The van der Waals surface area contributed by atoms with Crippen molar-refractivity contribution in [2.45, 2.75) is 32.2 Å². The van der Waals surface area contributed by atoms with E-state index in [-0.39, 0.29) is 17.3 Å². The van der Waals surface area contributed by atoms with E-state index in [1.807, 2.05) is 43.5 Å². The van der Waals surface area contributed by atoms with Gasteiger partial charge >= 0.3 is 5.97 Å². The molecule has 21 heavy (non-hydrogen) atoms. The van der Waals surface area contributed by atoms with Crippen molar-refractivity contribution in [2.75, 3.05) is 7.11 Å². The molecule has 0 fully saturated rings. The van der Waals surface area contributed by atoms with Crippen LogP contribution in [0.1, 0.15) is 38.0 Å². The van der Waals surface area contributed by atoms with Crippen LogP contribution in [0.2, 0.25) is 0 Å². The number of hydrogen-bond donors (Lipinski definition) is 0. The largest absolute Gasteiger partial charge is 0.467 e. The molecule has 0 spiro atoms. The lowest BCUT2D eigenvalue weighted by atomic mass is 10.0. The van der Waals surface area contributed by atoms with Crippen LogP contribution < -0.4 is 0 Å². The first-order valence-electron chi connectivity index (χ1n) is 6.76. The van der Waals surface area contributed by atoms with Gasteiger partial charge < -0.3 is 9.30 Å². The molecule has 0 saturated carbocycles. The van der Waals surface area contributed by atoms with Gasteiger partial charge in [-0.05, 0) is 53.6 Å². The Kier molecular flexibility index (Phi) is 5.14. The summed E-state index contributed by atoms with van der Waals surface area (Å²) in [5, 5.41) is -0.291. The molecule has 1 aromatic carbocycles. The number of fused-ring (bicyclic) bond motifs is 1. The summed E-state index contributed by atoms with van der Waals surface area (Å²) in [5.41, 5.74) is 1.75. The Morgan fingerprint density at radius 2 is 2.05 bits per heavy atom. The third-order valence-corrected chi connectivity index (χ3v) is 4.25. The molecule has 114 valence electrons. The molecule has 1 heterocycles. The molecule has 1 aromatic heterocycles. The third kappa shape index (κ3) is 3.18. The van der Waals surface area contributed by atoms with Crippen LogP contribution in [0.4, 0.5) is 0 Å². The molecule has 0 radical (unpaired) electrons. The molecule has 0 aliphatic carbocycles. The highest BCUT2D eigenvalue weighted by Gasteiger charge is 2.30. The first kappa shape index (κ1) is 16.5. The number of nitrogens with zero attached hydrogens (tertiary/aromatic N) is 2. The van der Waals surface area contributed by atoms with Gasteiger partial charge in [-0.15, -0.1) is 11.6 Å². The third-order valence-electron chi connectivity index (χ3n) is 3.39. The van der Waals surface area contributed by atoms with Gasteiger partial charge in [-0.2, -0.15) is 0 Å². The van der Waals surface area contributed by atoms with Crippen molar-refractivity contribution in [3.05, 3.63) is 27.6 Å². The Labute approximate surface area is 143 Å². The molecular weight excluding hydrogens is 403 g/mol. The van der Waals surface area contributed by atoms with Gasteiger partial charge in [0.2, 0.25) is 0 Å². The second-order valence-electron chi connectivity index (χ2n) is 5.30. The number of carbonyl (C=O) groups excluding carboxylic acids is 1. The molecule has 2 aromatic rings. The molecule has 2 unspecified atom stereocenters. The first-order valence-corrected chi connectivity index (χ1v) is 8.27.